The number of carbonyl (C=O) groups excluding carboxylic acids is 3. The molecule has 0 spiro atoms. The van der Waals surface area contributed by atoms with Gasteiger partial charge in [0.15, 0.2) is 11.5 Å². The SMILES string of the molecule is COc1cc(/C=N\NC(=O)/C(=C/c2ccc(N(C)C)cc2)NC(=O)c2ccccc2)ccc1OC(=O)c1ccccc1Cl. The number of benzene rings is 4. The smallest absolute Gasteiger partial charge is 0.345 e. The van der Waals surface area contributed by atoms with E-state index >= 15 is 0 Å². The largest absolute Gasteiger partial charge is 0.493 e. The fourth-order valence-electron chi connectivity index (χ4n) is 3.83. The summed E-state index contributed by atoms with van der Waals surface area (Å²) in [6.07, 6.45) is 2.96. The summed E-state index contributed by atoms with van der Waals surface area (Å²) in [7, 11) is 5.29. The molecule has 43 heavy (non-hydrogen) atoms. The molecule has 9 nitrogen and oxygen atoms in total. The van der Waals surface area contributed by atoms with E-state index in [0.717, 1.165) is 5.69 Å². The van der Waals surface area contributed by atoms with Crippen molar-refractivity contribution in [2.24, 2.45) is 5.10 Å². The van der Waals surface area contributed by atoms with E-state index in [2.05, 4.69) is 15.8 Å². The van der Waals surface area contributed by atoms with Crippen LogP contribution in [0.2, 0.25) is 5.02 Å². The molecule has 218 valence electrons. The molecule has 0 heterocycles. The quantitative estimate of drug-likeness (QED) is 0.0816. The number of methoxy groups -OCH3 is 1. The van der Waals surface area contributed by atoms with Crippen LogP contribution in [0.1, 0.15) is 31.8 Å². The van der Waals surface area contributed by atoms with Crippen LogP contribution in [0.25, 0.3) is 6.08 Å². The molecule has 2 amide bonds. The Morgan fingerprint density at radius 1 is 0.837 bits per heavy atom. The fourth-order valence-corrected chi connectivity index (χ4v) is 4.05. The van der Waals surface area contributed by atoms with E-state index in [0.29, 0.717) is 16.7 Å². The van der Waals surface area contributed by atoms with Crippen LogP contribution in [0.3, 0.4) is 0 Å². The number of carbonyl (C=O) groups is 3. The molecule has 0 aliphatic rings. The van der Waals surface area contributed by atoms with Crippen LogP contribution in [-0.2, 0) is 4.79 Å². The van der Waals surface area contributed by atoms with E-state index in [1.54, 1.807) is 78.9 Å². The van der Waals surface area contributed by atoms with Crippen molar-refractivity contribution in [3.8, 4) is 11.5 Å². The molecule has 0 radical (unpaired) electrons. The fraction of sp³-hybridized carbons (Fsp3) is 0.0909. The van der Waals surface area contributed by atoms with Gasteiger partial charge in [-0.2, -0.15) is 5.10 Å². The molecule has 4 aromatic carbocycles. The molecular formula is C33H29ClN4O5. The van der Waals surface area contributed by atoms with Gasteiger partial charge in [-0.1, -0.05) is 54.1 Å². The highest BCUT2D eigenvalue weighted by atomic mass is 35.5. The molecule has 0 atom stereocenters. The maximum atomic E-state index is 13.1. The van der Waals surface area contributed by atoms with Gasteiger partial charge in [0.1, 0.15) is 5.70 Å². The standard InChI is InChI=1S/C33H29ClN4O5/c1-38(2)25-16-13-22(14-17-25)19-28(36-31(39)24-9-5-4-6-10-24)32(40)37-35-21-23-15-18-29(30(20-23)42-3)43-33(41)26-11-7-8-12-27(26)34/h4-21H,1-3H3,(H,36,39)(H,37,40)/b28-19-,35-21-. The first-order valence-corrected chi connectivity index (χ1v) is 13.5. The zero-order chi connectivity index (χ0) is 30.8. The van der Waals surface area contributed by atoms with Crippen molar-refractivity contribution in [2.75, 3.05) is 26.1 Å². The maximum Gasteiger partial charge on any atom is 0.345 e. The van der Waals surface area contributed by atoms with Gasteiger partial charge >= 0.3 is 5.97 Å². The zero-order valence-electron chi connectivity index (χ0n) is 23.7. The molecule has 0 fully saturated rings. The van der Waals surface area contributed by atoms with Gasteiger partial charge in [-0.25, -0.2) is 10.2 Å². The van der Waals surface area contributed by atoms with Gasteiger partial charge in [0, 0.05) is 25.3 Å². The predicted molar refractivity (Wildman–Crippen MR) is 168 cm³/mol. The Labute approximate surface area is 254 Å². The van der Waals surface area contributed by atoms with Crippen LogP contribution in [0, 0.1) is 0 Å². The molecule has 0 aliphatic carbocycles. The average molecular weight is 597 g/mol. The summed E-state index contributed by atoms with van der Waals surface area (Å²) >= 11 is 6.10. The molecule has 4 rings (SSSR count). The molecule has 4 aromatic rings. The monoisotopic (exact) mass is 596 g/mol. The first kappa shape index (κ1) is 30.5. The second-order valence-corrected chi connectivity index (χ2v) is 9.75. The Kier molecular flexibility index (Phi) is 10.3. The Hall–Kier alpha value is -5.41. The number of hydrogen-bond donors (Lipinski definition) is 2. The average Bonchev–Trinajstić information content (AvgIpc) is 3.02. The number of nitrogens with zero attached hydrogens (tertiary/aromatic N) is 2. The number of halogens is 1. The summed E-state index contributed by atoms with van der Waals surface area (Å²) in [5.74, 6) is -1.25. The van der Waals surface area contributed by atoms with Gasteiger partial charge in [-0.3, -0.25) is 9.59 Å². The summed E-state index contributed by atoms with van der Waals surface area (Å²) in [5, 5.41) is 6.99. The van der Waals surface area contributed by atoms with Crippen molar-refractivity contribution < 1.29 is 23.9 Å². The van der Waals surface area contributed by atoms with E-state index in [1.165, 1.54) is 13.3 Å². The van der Waals surface area contributed by atoms with Crippen LogP contribution in [0.5, 0.6) is 11.5 Å². The molecule has 0 bridgehead atoms. The van der Waals surface area contributed by atoms with Crippen LogP contribution >= 0.6 is 11.6 Å². The van der Waals surface area contributed by atoms with Crippen LogP contribution < -0.4 is 25.1 Å². The summed E-state index contributed by atoms with van der Waals surface area (Å²) in [6, 6.07) is 27.4. The van der Waals surface area contributed by atoms with E-state index in [4.69, 9.17) is 21.1 Å². The minimum Gasteiger partial charge on any atom is -0.493 e. The molecular weight excluding hydrogens is 568 g/mol. The third kappa shape index (κ3) is 8.31. The number of ether oxygens (including phenoxy) is 2. The number of hydrogen-bond acceptors (Lipinski definition) is 7. The normalized spacial score (nSPS) is 11.1. The van der Waals surface area contributed by atoms with Crippen molar-refractivity contribution in [1.82, 2.24) is 10.7 Å². The number of hydrazone groups is 1. The van der Waals surface area contributed by atoms with E-state index in [1.807, 2.05) is 43.3 Å². The molecule has 10 heteroatoms. The third-order valence-electron chi connectivity index (χ3n) is 6.11. The van der Waals surface area contributed by atoms with Crippen molar-refractivity contribution in [3.63, 3.8) is 0 Å². The Morgan fingerprint density at radius 2 is 1.51 bits per heavy atom. The first-order chi connectivity index (χ1) is 20.7. The highest BCUT2D eigenvalue weighted by molar-refractivity contribution is 6.33. The highest BCUT2D eigenvalue weighted by Crippen LogP contribution is 2.29. The lowest BCUT2D eigenvalue weighted by atomic mass is 10.1. The Balaban J connectivity index is 1.49. The van der Waals surface area contributed by atoms with Gasteiger partial charge in [-0.15, -0.1) is 0 Å². The summed E-state index contributed by atoms with van der Waals surface area (Å²) in [6.45, 7) is 0. The predicted octanol–water partition coefficient (Wildman–Crippen LogP) is 5.56. The zero-order valence-corrected chi connectivity index (χ0v) is 24.5. The van der Waals surface area contributed by atoms with Crippen molar-refractivity contribution in [3.05, 3.63) is 130 Å². The Morgan fingerprint density at radius 3 is 2.19 bits per heavy atom. The number of rotatable bonds is 10. The second kappa shape index (κ2) is 14.5. The lowest BCUT2D eigenvalue weighted by Crippen LogP contribution is -2.32. The highest BCUT2D eigenvalue weighted by Gasteiger charge is 2.16. The molecule has 0 unspecified atom stereocenters. The number of amides is 2. The molecule has 2 N–H and O–H groups in total. The second-order valence-electron chi connectivity index (χ2n) is 9.34. The van der Waals surface area contributed by atoms with Crippen LogP contribution in [-0.4, -0.2) is 45.2 Å². The summed E-state index contributed by atoms with van der Waals surface area (Å²) < 4.78 is 10.8. The van der Waals surface area contributed by atoms with Gasteiger partial charge in [-0.05, 0) is 71.8 Å². The topological polar surface area (TPSA) is 109 Å². The van der Waals surface area contributed by atoms with Crippen molar-refractivity contribution >= 4 is 47.4 Å². The number of anilines is 1. The number of nitrogens with one attached hydrogen (secondary N) is 2. The number of esters is 1. The van der Waals surface area contributed by atoms with Crippen molar-refractivity contribution in [2.45, 2.75) is 0 Å². The van der Waals surface area contributed by atoms with Gasteiger partial charge in [0.2, 0.25) is 0 Å². The van der Waals surface area contributed by atoms with Gasteiger partial charge in [0.05, 0.1) is 23.9 Å². The molecule has 0 aromatic heterocycles. The summed E-state index contributed by atoms with van der Waals surface area (Å²) in [5.41, 5.74) is 5.31. The van der Waals surface area contributed by atoms with Crippen LogP contribution in [0.15, 0.2) is 108 Å². The van der Waals surface area contributed by atoms with E-state index in [-0.39, 0.29) is 27.8 Å². The maximum absolute atomic E-state index is 13.1. The molecule has 0 aliphatic heterocycles. The first-order valence-electron chi connectivity index (χ1n) is 13.1. The summed E-state index contributed by atoms with van der Waals surface area (Å²) in [4.78, 5) is 40.5. The molecule has 0 saturated heterocycles. The van der Waals surface area contributed by atoms with Crippen molar-refractivity contribution in [1.29, 1.82) is 0 Å². The molecule has 0 saturated carbocycles. The minimum absolute atomic E-state index is 0.00280. The van der Waals surface area contributed by atoms with E-state index in [9.17, 15) is 14.4 Å². The van der Waals surface area contributed by atoms with E-state index < -0.39 is 17.8 Å². The lowest BCUT2D eigenvalue weighted by Gasteiger charge is -2.13. The lowest BCUT2D eigenvalue weighted by molar-refractivity contribution is -0.117. The van der Waals surface area contributed by atoms with Crippen LogP contribution in [0.4, 0.5) is 5.69 Å². The Bertz CT molecular complexity index is 1670. The van der Waals surface area contributed by atoms with Gasteiger partial charge < -0.3 is 19.7 Å². The third-order valence-corrected chi connectivity index (χ3v) is 6.44. The minimum atomic E-state index is -0.634. The van der Waals surface area contributed by atoms with Gasteiger partial charge in [0.25, 0.3) is 11.8 Å².